The molecule has 0 unspecified atom stereocenters. The van der Waals surface area contributed by atoms with Crippen LogP contribution in [0.2, 0.25) is 0 Å². The number of amides is 1. The van der Waals surface area contributed by atoms with Gasteiger partial charge in [0.15, 0.2) is 5.13 Å². The van der Waals surface area contributed by atoms with Crippen molar-refractivity contribution in [3.63, 3.8) is 0 Å². The third kappa shape index (κ3) is 6.01. The second-order valence-corrected chi connectivity index (χ2v) is 11.2. The third-order valence-corrected chi connectivity index (χ3v) is 8.78. The number of piperidine rings is 1. The molecule has 2 N–H and O–H groups in total. The summed E-state index contributed by atoms with van der Waals surface area (Å²) in [7, 11) is -0.0694. The van der Waals surface area contributed by atoms with Crippen molar-refractivity contribution in [2.75, 3.05) is 37.9 Å². The smallest absolute Gasteiger partial charge is 0.243 e. The Labute approximate surface area is 210 Å². The van der Waals surface area contributed by atoms with Crippen molar-refractivity contribution in [3.05, 3.63) is 53.4 Å². The number of nitrogens with zero attached hydrogens (tertiary/aromatic N) is 2. The maximum Gasteiger partial charge on any atom is 0.243 e. The summed E-state index contributed by atoms with van der Waals surface area (Å²) in [6.07, 6.45) is 3.63. The predicted octanol–water partition coefficient (Wildman–Crippen LogP) is 4.61. The molecule has 186 valence electrons. The zero-order valence-electron chi connectivity index (χ0n) is 19.9. The van der Waals surface area contributed by atoms with Crippen molar-refractivity contribution < 1.29 is 17.9 Å². The SMILES string of the molecule is CNc1nc(-c2ccc(OC)c(NC(=O)CCc3ccc(S(=O)(=O)N4CCCCC4)cc3)c2)cs1. The van der Waals surface area contributed by atoms with E-state index in [2.05, 4.69) is 15.6 Å². The number of carbonyl (C=O) groups excluding carboxylic acids is 1. The first-order valence-corrected chi connectivity index (χ1v) is 13.9. The van der Waals surface area contributed by atoms with Gasteiger partial charge in [-0.25, -0.2) is 13.4 Å². The highest BCUT2D eigenvalue weighted by molar-refractivity contribution is 7.89. The van der Waals surface area contributed by atoms with Gasteiger partial charge in [-0.15, -0.1) is 11.3 Å². The Morgan fingerprint density at radius 3 is 2.51 bits per heavy atom. The molecule has 4 rings (SSSR count). The molecule has 1 saturated heterocycles. The van der Waals surface area contributed by atoms with Gasteiger partial charge in [-0.2, -0.15) is 4.31 Å². The molecule has 3 aromatic rings. The van der Waals surface area contributed by atoms with E-state index in [1.165, 1.54) is 11.3 Å². The number of rotatable bonds is 9. The fourth-order valence-electron chi connectivity index (χ4n) is 4.04. The monoisotopic (exact) mass is 514 g/mol. The Hall–Kier alpha value is -2.95. The van der Waals surface area contributed by atoms with E-state index >= 15 is 0 Å². The minimum atomic E-state index is -3.45. The van der Waals surface area contributed by atoms with Crippen LogP contribution in [-0.2, 0) is 21.2 Å². The maximum absolute atomic E-state index is 12.8. The van der Waals surface area contributed by atoms with E-state index in [4.69, 9.17) is 4.74 Å². The Balaban J connectivity index is 1.38. The van der Waals surface area contributed by atoms with Crippen molar-refractivity contribution in [1.82, 2.24) is 9.29 Å². The largest absolute Gasteiger partial charge is 0.495 e. The molecule has 0 aliphatic carbocycles. The Morgan fingerprint density at radius 2 is 1.86 bits per heavy atom. The third-order valence-electron chi connectivity index (χ3n) is 6.00. The standard InChI is InChI=1S/C25H30N4O4S2/c1-26-25-28-22(17-34-25)19-9-12-23(33-2)21(16-19)27-24(30)13-8-18-6-10-20(11-7-18)35(31,32)29-14-4-3-5-15-29/h6-7,9-12,16-17H,3-5,8,13-15H2,1-2H3,(H,26,28)(H,27,30). The quantitative estimate of drug-likeness (QED) is 0.433. The summed E-state index contributed by atoms with van der Waals surface area (Å²) in [5, 5.41) is 8.73. The van der Waals surface area contributed by atoms with Crippen LogP contribution in [0.4, 0.5) is 10.8 Å². The molecule has 1 fully saturated rings. The molecule has 10 heteroatoms. The Morgan fingerprint density at radius 1 is 1.11 bits per heavy atom. The molecular weight excluding hydrogens is 484 g/mol. The minimum absolute atomic E-state index is 0.153. The summed E-state index contributed by atoms with van der Waals surface area (Å²) in [5.74, 6) is 0.415. The average molecular weight is 515 g/mol. The number of anilines is 2. The number of aromatic nitrogens is 1. The summed E-state index contributed by atoms with van der Waals surface area (Å²) < 4.78 is 32.6. The minimum Gasteiger partial charge on any atom is -0.495 e. The van der Waals surface area contributed by atoms with E-state index in [1.54, 1.807) is 35.7 Å². The topological polar surface area (TPSA) is 101 Å². The van der Waals surface area contributed by atoms with E-state index in [1.807, 2.05) is 30.6 Å². The molecule has 0 spiro atoms. The lowest BCUT2D eigenvalue weighted by atomic mass is 10.1. The number of hydrogen-bond donors (Lipinski definition) is 2. The van der Waals surface area contributed by atoms with Gasteiger partial charge in [-0.3, -0.25) is 4.79 Å². The van der Waals surface area contributed by atoms with Gasteiger partial charge in [0.1, 0.15) is 5.75 Å². The molecule has 2 heterocycles. The summed E-state index contributed by atoms with van der Waals surface area (Å²) in [6.45, 7) is 1.15. The zero-order valence-corrected chi connectivity index (χ0v) is 21.5. The van der Waals surface area contributed by atoms with Gasteiger partial charge < -0.3 is 15.4 Å². The normalized spacial score (nSPS) is 14.5. The molecule has 2 aromatic carbocycles. The molecule has 0 saturated carbocycles. The first-order chi connectivity index (χ1) is 16.9. The molecule has 0 bridgehead atoms. The first-order valence-electron chi connectivity index (χ1n) is 11.6. The van der Waals surface area contributed by atoms with Crippen LogP contribution in [0.25, 0.3) is 11.3 Å². The second-order valence-electron chi connectivity index (χ2n) is 8.36. The van der Waals surface area contributed by atoms with Crippen LogP contribution in [0, 0.1) is 0 Å². The van der Waals surface area contributed by atoms with Gasteiger partial charge in [0.25, 0.3) is 0 Å². The fourth-order valence-corrected chi connectivity index (χ4v) is 6.24. The molecular formula is C25H30N4O4S2. The van der Waals surface area contributed by atoms with Crippen molar-refractivity contribution >= 4 is 38.1 Å². The van der Waals surface area contributed by atoms with Crippen LogP contribution >= 0.6 is 11.3 Å². The fraction of sp³-hybridized carbons (Fsp3) is 0.360. The number of thiazole rings is 1. The number of ether oxygens (including phenoxy) is 1. The lowest BCUT2D eigenvalue weighted by Gasteiger charge is -2.25. The number of hydrogen-bond acceptors (Lipinski definition) is 7. The lowest BCUT2D eigenvalue weighted by Crippen LogP contribution is -2.35. The number of carbonyl (C=O) groups is 1. The number of sulfonamides is 1. The van der Waals surface area contributed by atoms with Crippen LogP contribution in [-0.4, -0.2) is 50.9 Å². The summed E-state index contributed by atoms with van der Waals surface area (Å²) in [4.78, 5) is 17.5. The van der Waals surface area contributed by atoms with Crippen LogP contribution in [0.3, 0.4) is 0 Å². The number of benzene rings is 2. The van der Waals surface area contributed by atoms with Gasteiger partial charge in [0, 0.05) is 37.5 Å². The Kier molecular flexibility index (Phi) is 8.04. The van der Waals surface area contributed by atoms with E-state index in [0.717, 1.165) is 41.2 Å². The summed E-state index contributed by atoms with van der Waals surface area (Å²) >= 11 is 1.51. The van der Waals surface area contributed by atoms with E-state index in [9.17, 15) is 13.2 Å². The number of methoxy groups -OCH3 is 1. The van der Waals surface area contributed by atoms with E-state index < -0.39 is 10.0 Å². The van der Waals surface area contributed by atoms with Crippen LogP contribution < -0.4 is 15.4 Å². The molecule has 1 aromatic heterocycles. The van der Waals surface area contributed by atoms with Crippen molar-refractivity contribution in [3.8, 4) is 17.0 Å². The molecule has 1 amide bonds. The summed E-state index contributed by atoms with van der Waals surface area (Å²) in [6, 6.07) is 12.4. The molecule has 1 aliphatic heterocycles. The molecule has 0 atom stereocenters. The van der Waals surface area contributed by atoms with Crippen molar-refractivity contribution in [2.45, 2.75) is 37.0 Å². The second kappa shape index (κ2) is 11.2. The van der Waals surface area contributed by atoms with Crippen LogP contribution in [0.1, 0.15) is 31.2 Å². The van der Waals surface area contributed by atoms with Gasteiger partial charge >= 0.3 is 0 Å². The highest BCUT2D eigenvalue weighted by Crippen LogP contribution is 2.32. The molecule has 1 aliphatic rings. The first kappa shape index (κ1) is 25.2. The lowest BCUT2D eigenvalue weighted by molar-refractivity contribution is -0.116. The van der Waals surface area contributed by atoms with E-state index in [-0.39, 0.29) is 12.3 Å². The van der Waals surface area contributed by atoms with E-state index in [0.29, 0.717) is 35.8 Å². The highest BCUT2D eigenvalue weighted by Gasteiger charge is 2.25. The van der Waals surface area contributed by atoms with Crippen LogP contribution in [0.5, 0.6) is 5.75 Å². The van der Waals surface area contributed by atoms with Crippen molar-refractivity contribution in [1.29, 1.82) is 0 Å². The highest BCUT2D eigenvalue weighted by atomic mass is 32.2. The molecule has 0 radical (unpaired) electrons. The number of aryl methyl sites for hydroxylation is 1. The van der Waals surface area contributed by atoms with Gasteiger partial charge in [-0.1, -0.05) is 18.6 Å². The van der Waals surface area contributed by atoms with Crippen LogP contribution in [0.15, 0.2) is 52.7 Å². The van der Waals surface area contributed by atoms with Crippen molar-refractivity contribution in [2.24, 2.45) is 0 Å². The van der Waals surface area contributed by atoms with Gasteiger partial charge in [0.2, 0.25) is 15.9 Å². The summed E-state index contributed by atoms with van der Waals surface area (Å²) in [5.41, 5.74) is 3.18. The van der Waals surface area contributed by atoms with Gasteiger partial charge in [-0.05, 0) is 55.2 Å². The average Bonchev–Trinajstić information content (AvgIpc) is 3.38. The Bertz CT molecular complexity index is 1270. The van der Waals surface area contributed by atoms with Gasteiger partial charge in [0.05, 0.1) is 23.4 Å². The zero-order chi connectivity index (χ0) is 24.8. The molecule has 8 nitrogen and oxygen atoms in total. The number of nitrogens with one attached hydrogen (secondary N) is 2. The molecule has 35 heavy (non-hydrogen) atoms. The maximum atomic E-state index is 12.8. The predicted molar refractivity (Wildman–Crippen MR) is 140 cm³/mol.